The maximum Gasteiger partial charge on any atom is 0.411 e. The van der Waals surface area contributed by atoms with Gasteiger partial charge in [0.15, 0.2) is 5.69 Å². The normalized spacial score (nSPS) is 14.1. The number of fused-ring (bicyclic) bond motifs is 3. The summed E-state index contributed by atoms with van der Waals surface area (Å²) in [6.45, 7) is 0.246. The molecule has 0 radical (unpaired) electrons. The lowest BCUT2D eigenvalue weighted by Crippen LogP contribution is -2.36. The highest BCUT2D eigenvalue weighted by molar-refractivity contribution is 6.01. The van der Waals surface area contributed by atoms with Crippen molar-refractivity contribution in [3.05, 3.63) is 83.7 Å². The molecule has 1 fully saturated rings. The van der Waals surface area contributed by atoms with Gasteiger partial charge in [0.2, 0.25) is 0 Å². The van der Waals surface area contributed by atoms with Gasteiger partial charge >= 0.3 is 12.1 Å². The predicted molar refractivity (Wildman–Crippen MR) is 129 cm³/mol. The molecule has 0 atom stereocenters. The molecule has 5 rings (SSSR count). The first-order chi connectivity index (χ1) is 17.0. The van der Waals surface area contributed by atoms with Crippen molar-refractivity contribution in [1.82, 2.24) is 9.88 Å². The molecule has 0 aliphatic heterocycles. The molecule has 3 aromatic rings. The Kier molecular flexibility index (Phi) is 6.18. The molecule has 2 aliphatic rings. The van der Waals surface area contributed by atoms with Gasteiger partial charge in [-0.3, -0.25) is 14.9 Å². The standard InChI is InChI=1S/C27H25N3O5/c31-24(32)13-15-30(17-11-12-17)26(33)25-23(10-5-14-28-25)29-27(34)35-16-22-20-8-3-1-6-18(20)19-7-2-4-9-21(19)22/h1-10,14,17,22H,11-13,15-16H2,(H,29,34)(H,31,32). The van der Waals surface area contributed by atoms with Crippen LogP contribution in [-0.2, 0) is 9.53 Å². The fourth-order valence-electron chi connectivity index (χ4n) is 4.61. The number of benzene rings is 2. The summed E-state index contributed by atoms with van der Waals surface area (Å²) in [7, 11) is 0. The van der Waals surface area contributed by atoms with Crippen LogP contribution in [0.5, 0.6) is 0 Å². The number of ether oxygens (including phenoxy) is 1. The molecule has 2 N–H and O–H groups in total. The van der Waals surface area contributed by atoms with E-state index in [1.54, 1.807) is 12.1 Å². The van der Waals surface area contributed by atoms with Gasteiger partial charge in [0, 0.05) is 24.7 Å². The highest BCUT2D eigenvalue weighted by Crippen LogP contribution is 2.44. The first-order valence-electron chi connectivity index (χ1n) is 11.6. The fourth-order valence-corrected chi connectivity index (χ4v) is 4.61. The third kappa shape index (κ3) is 4.73. The highest BCUT2D eigenvalue weighted by atomic mass is 16.5. The number of carbonyl (C=O) groups is 3. The largest absolute Gasteiger partial charge is 0.481 e. The van der Waals surface area contributed by atoms with Gasteiger partial charge in [-0.05, 0) is 47.2 Å². The Balaban J connectivity index is 1.28. The zero-order chi connectivity index (χ0) is 24.4. The molecule has 2 aliphatic carbocycles. The molecule has 178 valence electrons. The van der Waals surface area contributed by atoms with Crippen LogP contribution in [0.25, 0.3) is 11.1 Å². The Labute approximate surface area is 202 Å². The number of aliphatic carboxylic acids is 1. The third-order valence-corrected chi connectivity index (χ3v) is 6.41. The molecule has 2 amide bonds. The van der Waals surface area contributed by atoms with Gasteiger partial charge in [0.1, 0.15) is 6.61 Å². The van der Waals surface area contributed by atoms with Gasteiger partial charge < -0.3 is 14.7 Å². The average molecular weight is 472 g/mol. The van der Waals surface area contributed by atoms with Gasteiger partial charge in [-0.1, -0.05) is 48.5 Å². The van der Waals surface area contributed by atoms with Crippen LogP contribution < -0.4 is 5.32 Å². The van der Waals surface area contributed by atoms with Crippen molar-refractivity contribution in [3.8, 4) is 11.1 Å². The summed E-state index contributed by atoms with van der Waals surface area (Å²) in [6, 6.07) is 19.4. The Morgan fingerprint density at radius 2 is 1.63 bits per heavy atom. The number of rotatable bonds is 8. The van der Waals surface area contributed by atoms with E-state index in [0.717, 1.165) is 35.1 Å². The quantitative estimate of drug-likeness (QED) is 0.500. The van der Waals surface area contributed by atoms with Crippen LogP contribution in [0.4, 0.5) is 10.5 Å². The third-order valence-electron chi connectivity index (χ3n) is 6.41. The summed E-state index contributed by atoms with van der Waals surface area (Å²) in [5.41, 5.74) is 4.79. The number of amides is 2. The molecule has 1 heterocycles. The number of nitrogens with zero attached hydrogens (tertiary/aromatic N) is 2. The summed E-state index contributed by atoms with van der Waals surface area (Å²) >= 11 is 0. The smallest absolute Gasteiger partial charge is 0.411 e. The van der Waals surface area contributed by atoms with E-state index in [1.165, 1.54) is 11.1 Å². The maximum absolute atomic E-state index is 13.2. The molecule has 8 nitrogen and oxygen atoms in total. The van der Waals surface area contributed by atoms with Crippen LogP contribution in [-0.4, -0.2) is 52.2 Å². The molecule has 0 bridgehead atoms. The summed E-state index contributed by atoms with van der Waals surface area (Å²) in [5, 5.41) is 11.7. The minimum absolute atomic E-state index is 0.00570. The lowest BCUT2D eigenvalue weighted by Gasteiger charge is -2.22. The van der Waals surface area contributed by atoms with Crippen molar-refractivity contribution in [2.75, 3.05) is 18.5 Å². The maximum atomic E-state index is 13.2. The topological polar surface area (TPSA) is 109 Å². The number of nitrogens with one attached hydrogen (secondary N) is 1. The number of carboxylic acid groups (broad SMARTS) is 1. The predicted octanol–water partition coefficient (Wildman–Crippen LogP) is 4.52. The molecule has 1 aromatic heterocycles. The molecule has 0 saturated heterocycles. The number of carbonyl (C=O) groups excluding carboxylic acids is 2. The van der Waals surface area contributed by atoms with E-state index in [2.05, 4.69) is 22.4 Å². The minimum atomic E-state index is -0.971. The molecule has 0 unspecified atom stereocenters. The van der Waals surface area contributed by atoms with Crippen molar-refractivity contribution >= 4 is 23.7 Å². The Bertz CT molecular complexity index is 1240. The second kappa shape index (κ2) is 9.58. The molecule has 8 heteroatoms. The van der Waals surface area contributed by atoms with E-state index in [9.17, 15) is 14.4 Å². The second-order valence-corrected chi connectivity index (χ2v) is 8.72. The molecule has 2 aromatic carbocycles. The summed E-state index contributed by atoms with van der Waals surface area (Å²) in [5.74, 6) is -1.45. The average Bonchev–Trinajstić information content (AvgIpc) is 3.65. The summed E-state index contributed by atoms with van der Waals surface area (Å²) in [6.07, 6.45) is 2.29. The Morgan fingerprint density at radius 1 is 0.971 bits per heavy atom. The zero-order valence-electron chi connectivity index (χ0n) is 19.0. The highest BCUT2D eigenvalue weighted by Gasteiger charge is 2.35. The van der Waals surface area contributed by atoms with Crippen LogP contribution >= 0.6 is 0 Å². The fraction of sp³-hybridized carbons (Fsp3) is 0.259. The van der Waals surface area contributed by atoms with Gasteiger partial charge in [0.25, 0.3) is 5.91 Å². The molecular weight excluding hydrogens is 446 g/mol. The first kappa shape index (κ1) is 22.6. The first-order valence-corrected chi connectivity index (χ1v) is 11.6. The second-order valence-electron chi connectivity index (χ2n) is 8.72. The summed E-state index contributed by atoms with van der Waals surface area (Å²) in [4.78, 5) is 42.6. The van der Waals surface area contributed by atoms with E-state index in [0.29, 0.717) is 0 Å². The van der Waals surface area contributed by atoms with Gasteiger partial charge in [0.05, 0.1) is 12.1 Å². The van der Waals surface area contributed by atoms with Crippen LogP contribution in [0, 0.1) is 0 Å². The van der Waals surface area contributed by atoms with E-state index < -0.39 is 18.0 Å². The van der Waals surface area contributed by atoms with Gasteiger partial charge in [-0.2, -0.15) is 0 Å². The van der Waals surface area contributed by atoms with E-state index in [-0.39, 0.29) is 42.9 Å². The number of carboxylic acids is 1. The van der Waals surface area contributed by atoms with Crippen molar-refractivity contribution in [2.45, 2.75) is 31.2 Å². The van der Waals surface area contributed by atoms with Gasteiger partial charge in [-0.15, -0.1) is 0 Å². The molecule has 1 saturated carbocycles. The van der Waals surface area contributed by atoms with Crippen LogP contribution in [0.3, 0.4) is 0 Å². The molecular formula is C27H25N3O5. The van der Waals surface area contributed by atoms with Crippen molar-refractivity contribution < 1.29 is 24.2 Å². The monoisotopic (exact) mass is 471 g/mol. The number of hydrogen-bond acceptors (Lipinski definition) is 5. The SMILES string of the molecule is O=C(O)CCN(C(=O)c1ncccc1NC(=O)OCC1c2ccccc2-c2ccccc21)C1CC1. The lowest BCUT2D eigenvalue weighted by molar-refractivity contribution is -0.137. The zero-order valence-corrected chi connectivity index (χ0v) is 19.0. The van der Waals surface area contributed by atoms with E-state index in [1.807, 2.05) is 36.4 Å². The lowest BCUT2D eigenvalue weighted by atomic mass is 9.98. The number of hydrogen-bond donors (Lipinski definition) is 2. The van der Waals surface area contributed by atoms with Crippen molar-refractivity contribution in [2.24, 2.45) is 0 Å². The molecule has 35 heavy (non-hydrogen) atoms. The van der Waals surface area contributed by atoms with Crippen molar-refractivity contribution in [1.29, 1.82) is 0 Å². The van der Waals surface area contributed by atoms with Crippen molar-refractivity contribution in [3.63, 3.8) is 0 Å². The van der Waals surface area contributed by atoms with Crippen LogP contribution in [0.15, 0.2) is 66.9 Å². The Morgan fingerprint density at radius 3 is 2.26 bits per heavy atom. The van der Waals surface area contributed by atoms with Crippen LogP contribution in [0.1, 0.15) is 46.8 Å². The number of aromatic nitrogens is 1. The Hall–Kier alpha value is -4.20. The minimum Gasteiger partial charge on any atom is -0.481 e. The number of anilines is 1. The summed E-state index contributed by atoms with van der Waals surface area (Å²) < 4.78 is 5.60. The number of pyridine rings is 1. The van der Waals surface area contributed by atoms with Crippen LogP contribution in [0.2, 0.25) is 0 Å². The van der Waals surface area contributed by atoms with E-state index in [4.69, 9.17) is 9.84 Å². The molecule has 0 spiro atoms. The van der Waals surface area contributed by atoms with E-state index >= 15 is 0 Å². The van der Waals surface area contributed by atoms with Gasteiger partial charge in [-0.25, -0.2) is 9.78 Å².